The lowest BCUT2D eigenvalue weighted by Crippen LogP contribution is -2.11. The van der Waals surface area contributed by atoms with Gasteiger partial charge in [0.15, 0.2) is 0 Å². The lowest BCUT2D eigenvalue weighted by atomic mass is 10.4. The molecule has 0 aromatic carbocycles. The number of alkyl halides is 3. The number of rotatable bonds is 0. The summed E-state index contributed by atoms with van der Waals surface area (Å²) in [5.41, 5.74) is -0.769. The van der Waals surface area contributed by atoms with E-state index in [1.54, 1.807) is 0 Å². The molecule has 68 valence electrons. The van der Waals surface area contributed by atoms with Crippen LogP contribution in [0.1, 0.15) is 5.69 Å². The highest BCUT2D eigenvalue weighted by Gasteiger charge is 2.33. The molecule has 0 saturated carbocycles. The van der Waals surface area contributed by atoms with Gasteiger partial charge >= 0.3 is 6.18 Å². The molecule has 0 amide bonds. The number of aromatic nitrogens is 3. The molecule has 2 aromatic heterocycles. The summed E-state index contributed by atoms with van der Waals surface area (Å²) >= 11 is 0. The van der Waals surface area contributed by atoms with E-state index >= 15 is 0 Å². The molecule has 0 unspecified atom stereocenters. The largest absolute Gasteiger partial charge is 0.431 e. The molecule has 0 saturated heterocycles. The smallest absolute Gasteiger partial charge is 0.279 e. The summed E-state index contributed by atoms with van der Waals surface area (Å²) in [7, 11) is 0. The average molecular weight is 187 g/mol. The van der Waals surface area contributed by atoms with Gasteiger partial charge in [0.1, 0.15) is 5.69 Å². The Morgan fingerprint density at radius 1 is 1.15 bits per heavy atom. The number of fused-ring (bicyclic) bond motifs is 1. The van der Waals surface area contributed by atoms with E-state index in [4.69, 9.17) is 0 Å². The van der Waals surface area contributed by atoms with E-state index in [2.05, 4.69) is 9.97 Å². The van der Waals surface area contributed by atoms with Crippen LogP contribution in [0.4, 0.5) is 13.2 Å². The maximum atomic E-state index is 12.3. The summed E-state index contributed by atoms with van der Waals surface area (Å²) in [6, 6.07) is 0.911. The van der Waals surface area contributed by atoms with E-state index in [-0.39, 0.29) is 5.78 Å². The molecule has 2 heterocycles. The normalized spacial score (nSPS) is 12.2. The molecular weight excluding hydrogens is 183 g/mol. The van der Waals surface area contributed by atoms with Gasteiger partial charge < -0.3 is 0 Å². The van der Waals surface area contributed by atoms with E-state index in [1.807, 2.05) is 0 Å². The van der Waals surface area contributed by atoms with E-state index < -0.39 is 11.9 Å². The van der Waals surface area contributed by atoms with E-state index in [9.17, 15) is 13.2 Å². The molecule has 2 rings (SSSR count). The predicted molar refractivity (Wildman–Crippen MR) is 38.0 cm³/mol. The summed E-state index contributed by atoms with van der Waals surface area (Å²) in [4.78, 5) is 7.31. The third-order valence-electron chi connectivity index (χ3n) is 1.59. The lowest BCUT2D eigenvalue weighted by molar-refractivity contribution is -0.142. The van der Waals surface area contributed by atoms with Gasteiger partial charge in [-0.1, -0.05) is 0 Å². The van der Waals surface area contributed by atoms with Crippen LogP contribution in [-0.4, -0.2) is 14.4 Å². The first-order valence-electron chi connectivity index (χ1n) is 3.44. The SMILES string of the molecule is FC(F)(F)c1ccnc2nccn12. The van der Waals surface area contributed by atoms with Gasteiger partial charge in [-0.15, -0.1) is 0 Å². The number of nitrogens with zero attached hydrogens (tertiary/aromatic N) is 3. The maximum absolute atomic E-state index is 12.3. The minimum absolute atomic E-state index is 0.0508. The highest BCUT2D eigenvalue weighted by atomic mass is 19.4. The van der Waals surface area contributed by atoms with Gasteiger partial charge in [-0.2, -0.15) is 13.2 Å². The summed E-state index contributed by atoms with van der Waals surface area (Å²) in [6.07, 6.45) is -0.782. The first-order chi connectivity index (χ1) is 6.09. The summed E-state index contributed by atoms with van der Waals surface area (Å²) < 4.78 is 37.9. The fraction of sp³-hybridized carbons (Fsp3) is 0.143. The van der Waals surface area contributed by atoms with Crippen molar-refractivity contribution in [3.8, 4) is 0 Å². The minimum Gasteiger partial charge on any atom is -0.279 e. The summed E-state index contributed by atoms with van der Waals surface area (Å²) in [5, 5.41) is 0. The van der Waals surface area contributed by atoms with Crippen molar-refractivity contribution in [2.75, 3.05) is 0 Å². The van der Waals surface area contributed by atoms with Crippen molar-refractivity contribution in [1.82, 2.24) is 14.4 Å². The van der Waals surface area contributed by atoms with Crippen molar-refractivity contribution in [3.05, 3.63) is 30.4 Å². The minimum atomic E-state index is -4.37. The van der Waals surface area contributed by atoms with Crippen LogP contribution in [-0.2, 0) is 6.18 Å². The Morgan fingerprint density at radius 2 is 1.85 bits per heavy atom. The van der Waals surface area contributed by atoms with Gasteiger partial charge in [0.2, 0.25) is 5.78 Å². The van der Waals surface area contributed by atoms with Gasteiger partial charge in [-0.3, -0.25) is 4.40 Å². The molecule has 0 fully saturated rings. The fourth-order valence-electron chi connectivity index (χ4n) is 1.07. The van der Waals surface area contributed by atoms with Crippen molar-refractivity contribution in [1.29, 1.82) is 0 Å². The summed E-state index contributed by atoms with van der Waals surface area (Å²) in [5.74, 6) is 0.0508. The highest BCUT2D eigenvalue weighted by molar-refractivity contribution is 5.30. The molecule has 13 heavy (non-hydrogen) atoms. The second-order valence-electron chi connectivity index (χ2n) is 2.43. The molecule has 0 radical (unpaired) electrons. The molecule has 0 N–H and O–H groups in total. The molecule has 0 spiro atoms. The Labute approximate surface area is 70.9 Å². The van der Waals surface area contributed by atoms with Crippen LogP contribution >= 0.6 is 0 Å². The molecule has 0 aliphatic carbocycles. The molecular formula is C7H4F3N3. The fourth-order valence-corrected chi connectivity index (χ4v) is 1.07. The zero-order valence-electron chi connectivity index (χ0n) is 6.28. The van der Waals surface area contributed by atoms with Crippen molar-refractivity contribution >= 4 is 5.78 Å². The predicted octanol–water partition coefficient (Wildman–Crippen LogP) is 1.75. The topological polar surface area (TPSA) is 30.2 Å². The van der Waals surface area contributed by atoms with Gasteiger partial charge in [0.05, 0.1) is 0 Å². The van der Waals surface area contributed by atoms with Crippen LogP contribution in [0.2, 0.25) is 0 Å². The maximum Gasteiger partial charge on any atom is 0.431 e. The van der Waals surface area contributed by atoms with Crippen molar-refractivity contribution in [2.24, 2.45) is 0 Å². The third-order valence-corrected chi connectivity index (χ3v) is 1.59. The van der Waals surface area contributed by atoms with Crippen LogP contribution in [0.25, 0.3) is 5.78 Å². The number of imidazole rings is 1. The molecule has 3 nitrogen and oxygen atoms in total. The number of hydrogen-bond donors (Lipinski definition) is 0. The zero-order chi connectivity index (χ0) is 9.47. The van der Waals surface area contributed by atoms with Crippen LogP contribution in [0.15, 0.2) is 24.7 Å². The average Bonchev–Trinajstić information content (AvgIpc) is 2.48. The van der Waals surface area contributed by atoms with Gasteiger partial charge in [-0.25, -0.2) is 9.97 Å². The Hall–Kier alpha value is -1.59. The Kier molecular flexibility index (Phi) is 1.51. The zero-order valence-corrected chi connectivity index (χ0v) is 6.28. The Bertz CT molecular complexity index is 432. The number of hydrogen-bond acceptors (Lipinski definition) is 2. The summed E-state index contributed by atoms with van der Waals surface area (Å²) in [6.45, 7) is 0. The first kappa shape index (κ1) is 8.03. The third kappa shape index (κ3) is 1.24. The Morgan fingerprint density at radius 3 is 2.54 bits per heavy atom. The number of halogens is 3. The lowest BCUT2D eigenvalue weighted by Gasteiger charge is -2.07. The molecule has 0 atom stereocenters. The van der Waals surface area contributed by atoms with E-state index in [0.717, 1.165) is 16.7 Å². The standard InChI is InChI=1S/C7H4F3N3/c8-7(9,10)5-1-2-11-6-12-3-4-13(5)6/h1-4H. The van der Waals surface area contributed by atoms with Gasteiger partial charge in [0.25, 0.3) is 0 Å². The second kappa shape index (κ2) is 2.45. The van der Waals surface area contributed by atoms with Crippen LogP contribution < -0.4 is 0 Å². The van der Waals surface area contributed by atoms with Crippen LogP contribution in [0.3, 0.4) is 0 Å². The highest BCUT2D eigenvalue weighted by Crippen LogP contribution is 2.28. The van der Waals surface area contributed by atoms with Crippen molar-refractivity contribution in [3.63, 3.8) is 0 Å². The molecule has 6 heteroatoms. The van der Waals surface area contributed by atoms with E-state index in [0.29, 0.717) is 0 Å². The van der Waals surface area contributed by atoms with Gasteiger partial charge in [0, 0.05) is 18.6 Å². The molecule has 0 aliphatic heterocycles. The quantitative estimate of drug-likeness (QED) is 0.628. The second-order valence-corrected chi connectivity index (χ2v) is 2.43. The first-order valence-corrected chi connectivity index (χ1v) is 3.44. The van der Waals surface area contributed by atoms with Crippen molar-refractivity contribution < 1.29 is 13.2 Å². The monoisotopic (exact) mass is 187 g/mol. The van der Waals surface area contributed by atoms with E-state index in [1.165, 1.54) is 12.4 Å². The molecule has 2 aromatic rings. The van der Waals surface area contributed by atoms with Gasteiger partial charge in [-0.05, 0) is 6.07 Å². The molecule has 0 bridgehead atoms. The van der Waals surface area contributed by atoms with Crippen molar-refractivity contribution in [2.45, 2.75) is 6.18 Å². The van der Waals surface area contributed by atoms with Crippen LogP contribution in [0, 0.1) is 0 Å². The molecule has 0 aliphatic rings. The Balaban J connectivity index is 2.75. The van der Waals surface area contributed by atoms with Crippen LogP contribution in [0.5, 0.6) is 0 Å².